The van der Waals surface area contributed by atoms with Crippen LogP contribution in [0.4, 0.5) is 0 Å². The van der Waals surface area contributed by atoms with Crippen molar-refractivity contribution in [3.05, 3.63) is 0 Å². The molecular formula is C10H14O. The Morgan fingerprint density at radius 1 is 1.82 bits per heavy atom. The lowest BCUT2D eigenvalue weighted by atomic mass is 9.98. The molecule has 1 fully saturated rings. The molecule has 1 nitrogen and oxygen atoms in total. The van der Waals surface area contributed by atoms with Crippen molar-refractivity contribution >= 4 is 6.29 Å². The molecule has 2 atom stereocenters. The summed E-state index contributed by atoms with van der Waals surface area (Å²) in [5.41, 5.74) is -0.0300. The van der Waals surface area contributed by atoms with Gasteiger partial charge in [0.25, 0.3) is 0 Å². The summed E-state index contributed by atoms with van der Waals surface area (Å²) in [6.45, 7) is 2.14. The first-order chi connectivity index (χ1) is 5.29. The SMILES string of the molecule is C#C[C@]1(CCCC)C[C@H]1C=O. The molecule has 0 aromatic carbocycles. The largest absolute Gasteiger partial charge is 0.303 e. The molecule has 0 unspecified atom stereocenters. The fraction of sp³-hybridized carbons (Fsp3) is 0.700. The number of rotatable bonds is 4. The molecule has 1 heteroatoms. The average molecular weight is 150 g/mol. The number of unbranched alkanes of at least 4 members (excludes halogenated alkanes) is 1. The summed E-state index contributed by atoms with van der Waals surface area (Å²) in [5.74, 6) is 2.92. The van der Waals surface area contributed by atoms with Gasteiger partial charge in [-0.05, 0) is 12.8 Å². The second-order valence-electron chi connectivity index (χ2n) is 3.35. The third kappa shape index (κ3) is 1.45. The van der Waals surface area contributed by atoms with Crippen LogP contribution in [0.5, 0.6) is 0 Å². The molecule has 0 N–H and O–H groups in total. The number of hydrogen-bond donors (Lipinski definition) is 0. The monoisotopic (exact) mass is 150 g/mol. The molecule has 1 rings (SSSR count). The molecule has 0 saturated heterocycles. The lowest BCUT2D eigenvalue weighted by Crippen LogP contribution is -2.00. The van der Waals surface area contributed by atoms with Crippen molar-refractivity contribution in [3.63, 3.8) is 0 Å². The third-order valence-corrected chi connectivity index (χ3v) is 2.56. The van der Waals surface area contributed by atoms with Gasteiger partial charge in [-0.25, -0.2) is 0 Å². The third-order valence-electron chi connectivity index (χ3n) is 2.56. The first kappa shape index (κ1) is 8.33. The van der Waals surface area contributed by atoms with Crippen molar-refractivity contribution in [2.45, 2.75) is 32.6 Å². The zero-order valence-corrected chi connectivity index (χ0v) is 6.97. The molecule has 0 bridgehead atoms. The summed E-state index contributed by atoms with van der Waals surface area (Å²) in [5, 5.41) is 0. The maximum Gasteiger partial charge on any atom is 0.124 e. The van der Waals surface area contributed by atoms with E-state index in [1.165, 1.54) is 0 Å². The second kappa shape index (κ2) is 3.09. The van der Waals surface area contributed by atoms with Crippen molar-refractivity contribution in [3.8, 4) is 12.3 Å². The zero-order valence-electron chi connectivity index (χ0n) is 6.97. The predicted octanol–water partition coefficient (Wildman–Crippen LogP) is 2.01. The van der Waals surface area contributed by atoms with Crippen LogP contribution in [0.1, 0.15) is 32.6 Å². The minimum Gasteiger partial charge on any atom is -0.303 e. The summed E-state index contributed by atoms with van der Waals surface area (Å²) in [6.07, 6.45) is 10.6. The Bertz CT molecular complexity index is 190. The van der Waals surface area contributed by atoms with Crippen molar-refractivity contribution in [1.82, 2.24) is 0 Å². The van der Waals surface area contributed by atoms with Crippen molar-refractivity contribution < 1.29 is 4.79 Å². The standard InChI is InChI=1S/C10H14O/c1-3-5-6-10(4-2)7-9(10)8-11/h2,8-9H,3,5-7H2,1H3/t9-,10-/m0/s1. The molecule has 0 spiro atoms. The zero-order chi connectivity index (χ0) is 8.32. The normalized spacial score (nSPS) is 34.4. The minimum atomic E-state index is -0.0300. The van der Waals surface area contributed by atoms with Crippen LogP contribution in [-0.4, -0.2) is 6.29 Å². The summed E-state index contributed by atoms with van der Waals surface area (Å²) in [6, 6.07) is 0. The van der Waals surface area contributed by atoms with Gasteiger partial charge in [-0.15, -0.1) is 6.42 Å². The van der Waals surface area contributed by atoms with Gasteiger partial charge in [-0.1, -0.05) is 25.7 Å². The van der Waals surface area contributed by atoms with E-state index in [1.807, 2.05) is 0 Å². The predicted molar refractivity (Wildman–Crippen MR) is 45.0 cm³/mol. The highest BCUT2D eigenvalue weighted by Gasteiger charge is 2.51. The molecule has 0 amide bonds. The van der Waals surface area contributed by atoms with E-state index in [4.69, 9.17) is 6.42 Å². The van der Waals surface area contributed by atoms with Crippen molar-refractivity contribution in [2.75, 3.05) is 0 Å². The molecule has 0 radical (unpaired) electrons. The van der Waals surface area contributed by atoms with Gasteiger partial charge in [0, 0.05) is 11.3 Å². The minimum absolute atomic E-state index is 0.0300. The fourth-order valence-corrected chi connectivity index (χ4v) is 1.53. The van der Waals surface area contributed by atoms with E-state index in [-0.39, 0.29) is 11.3 Å². The quantitative estimate of drug-likeness (QED) is 0.442. The molecule has 1 saturated carbocycles. The molecule has 1 aliphatic carbocycles. The molecule has 11 heavy (non-hydrogen) atoms. The van der Waals surface area contributed by atoms with Gasteiger partial charge in [0.1, 0.15) is 6.29 Å². The maximum absolute atomic E-state index is 10.4. The van der Waals surface area contributed by atoms with Gasteiger partial charge < -0.3 is 4.79 Å². The van der Waals surface area contributed by atoms with Gasteiger partial charge in [-0.3, -0.25) is 0 Å². The number of carbonyl (C=O) groups is 1. The lowest BCUT2D eigenvalue weighted by Gasteiger charge is -2.05. The Labute approximate surface area is 68.2 Å². The highest BCUT2D eigenvalue weighted by atomic mass is 16.1. The van der Waals surface area contributed by atoms with E-state index in [9.17, 15) is 4.79 Å². The van der Waals surface area contributed by atoms with E-state index in [0.717, 1.165) is 32.0 Å². The maximum atomic E-state index is 10.4. The Kier molecular flexibility index (Phi) is 2.34. The first-order valence-electron chi connectivity index (χ1n) is 4.22. The topological polar surface area (TPSA) is 17.1 Å². The van der Waals surface area contributed by atoms with E-state index in [0.29, 0.717) is 0 Å². The van der Waals surface area contributed by atoms with Gasteiger partial charge >= 0.3 is 0 Å². The molecule has 0 heterocycles. The summed E-state index contributed by atoms with van der Waals surface area (Å²) < 4.78 is 0. The molecule has 0 aromatic heterocycles. The number of terminal acetylenes is 1. The molecule has 0 aliphatic heterocycles. The van der Waals surface area contributed by atoms with Crippen LogP contribution in [0.25, 0.3) is 0 Å². The molecule has 60 valence electrons. The van der Waals surface area contributed by atoms with Crippen LogP contribution in [0.15, 0.2) is 0 Å². The van der Waals surface area contributed by atoms with Crippen LogP contribution in [0.2, 0.25) is 0 Å². The lowest BCUT2D eigenvalue weighted by molar-refractivity contribution is -0.109. The first-order valence-corrected chi connectivity index (χ1v) is 4.22. The van der Waals surface area contributed by atoms with Crippen LogP contribution < -0.4 is 0 Å². The van der Waals surface area contributed by atoms with Gasteiger partial charge in [0.05, 0.1) is 0 Å². The Hall–Kier alpha value is -0.770. The van der Waals surface area contributed by atoms with Gasteiger partial charge in [0.15, 0.2) is 0 Å². The van der Waals surface area contributed by atoms with Crippen LogP contribution >= 0.6 is 0 Å². The van der Waals surface area contributed by atoms with Crippen molar-refractivity contribution in [1.29, 1.82) is 0 Å². The Morgan fingerprint density at radius 2 is 2.55 bits per heavy atom. The van der Waals surface area contributed by atoms with E-state index in [1.54, 1.807) is 0 Å². The van der Waals surface area contributed by atoms with E-state index < -0.39 is 0 Å². The summed E-state index contributed by atoms with van der Waals surface area (Å²) >= 11 is 0. The van der Waals surface area contributed by atoms with E-state index in [2.05, 4.69) is 12.8 Å². The Balaban J connectivity index is 2.41. The smallest absolute Gasteiger partial charge is 0.124 e. The second-order valence-corrected chi connectivity index (χ2v) is 3.35. The number of carbonyl (C=O) groups excluding carboxylic acids is 1. The van der Waals surface area contributed by atoms with Gasteiger partial charge in [0.2, 0.25) is 0 Å². The fourth-order valence-electron chi connectivity index (χ4n) is 1.53. The summed E-state index contributed by atoms with van der Waals surface area (Å²) in [7, 11) is 0. The van der Waals surface area contributed by atoms with Crippen molar-refractivity contribution in [2.24, 2.45) is 11.3 Å². The van der Waals surface area contributed by atoms with Crippen LogP contribution in [0.3, 0.4) is 0 Å². The highest BCUT2D eigenvalue weighted by molar-refractivity contribution is 5.62. The number of aldehydes is 1. The van der Waals surface area contributed by atoms with Crippen LogP contribution in [-0.2, 0) is 4.79 Å². The highest BCUT2D eigenvalue weighted by Crippen LogP contribution is 2.54. The summed E-state index contributed by atoms with van der Waals surface area (Å²) in [4.78, 5) is 10.4. The molecule has 1 aliphatic rings. The van der Waals surface area contributed by atoms with Gasteiger partial charge in [-0.2, -0.15) is 0 Å². The molecular weight excluding hydrogens is 136 g/mol. The Morgan fingerprint density at radius 3 is 2.91 bits per heavy atom. The number of hydrogen-bond acceptors (Lipinski definition) is 1. The molecule has 0 aromatic rings. The van der Waals surface area contributed by atoms with E-state index >= 15 is 0 Å². The average Bonchev–Trinajstić information content (AvgIpc) is 2.76. The van der Waals surface area contributed by atoms with Crippen LogP contribution in [0, 0.1) is 23.7 Å².